The average molecular weight is 337 g/mol. The van der Waals surface area contributed by atoms with Gasteiger partial charge in [-0.15, -0.1) is 0 Å². The monoisotopic (exact) mass is 337 g/mol. The van der Waals surface area contributed by atoms with Crippen LogP contribution >= 0.6 is 0 Å². The average Bonchev–Trinajstić information content (AvgIpc) is 3.08. The van der Waals surface area contributed by atoms with Crippen LogP contribution in [0.5, 0.6) is 0 Å². The molecule has 4 rings (SSSR count). The number of carbonyl (C=O) groups excluding carboxylic acids is 1. The lowest BCUT2D eigenvalue weighted by Gasteiger charge is -2.34. The van der Waals surface area contributed by atoms with E-state index in [9.17, 15) is 4.79 Å². The van der Waals surface area contributed by atoms with Crippen LogP contribution in [-0.4, -0.2) is 41.8 Å². The van der Waals surface area contributed by atoms with Gasteiger partial charge in [0.05, 0.1) is 12.1 Å². The van der Waals surface area contributed by atoms with Crippen LogP contribution in [0.4, 0.5) is 0 Å². The molecule has 0 bridgehead atoms. The topological polar surface area (TPSA) is 38.8 Å². The number of aldehydes is 1. The second-order valence-electron chi connectivity index (χ2n) is 7.19. The van der Waals surface area contributed by atoms with Gasteiger partial charge in [-0.3, -0.25) is 4.90 Å². The Hall–Kier alpha value is -2.01. The maximum Gasteiger partial charge on any atom is 0.163 e. The highest BCUT2D eigenvalue weighted by atomic mass is 16.8. The molecule has 0 radical (unpaired) electrons. The van der Waals surface area contributed by atoms with Crippen molar-refractivity contribution in [3.8, 4) is 0 Å². The molecule has 2 saturated heterocycles. The van der Waals surface area contributed by atoms with E-state index in [0.717, 1.165) is 6.29 Å². The largest absolute Gasteiger partial charge is 0.343 e. The van der Waals surface area contributed by atoms with Gasteiger partial charge >= 0.3 is 0 Å². The Balaban J connectivity index is 1.72. The number of carbonyl (C=O) groups is 1. The Bertz CT molecular complexity index is 692. The first-order valence-corrected chi connectivity index (χ1v) is 8.75. The van der Waals surface area contributed by atoms with E-state index < -0.39 is 5.79 Å². The second-order valence-corrected chi connectivity index (χ2v) is 7.19. The predicted molar refractivity (Wildman–Crippen MR) is 95.1 cm³/mol. The van der Waals surface area contributed by atoms with Gasteiger partial charge in [-0.25, -0.2) is 0 Å². The van der Waals surface area contributed by atoms with Crippen LogP contribution in [0.15, 0.2) is 60.7 Å². The Labute approximate surface area is 148 Å². The summed E-state index contributed by atoms with van der Waals surface area (Å²) in [5.74, 6) is -0.627. The van der Waals surface area contributed by atoms with Gasteiger partial charge in [-0.1, -0.05) is 60.7 Å². The molecular formula is C21H23NO3. The van der Waals surface area contributed by atoms with E-state index in [0.29, 0.717) is 6.54 Å². The third-order valence-corrected chi connectivity index (χ3v) is 5.03. The van der Waals surface area contributed by atoms with E-state index in [1.54, 1.807) is 0 Å². The van der Waals surface area contributed by atoms with Crippen LogP contribution < -0.4 is 0 Å². The normalized spacial score (nSPS) is 28.2. The first kappa shape index (κ1) is 16.5. The molecule has 2 heterocycles. The van der Waals surface area contributed by atoms with Crippen LogP contribution in [0.25, 0.3) is 0 Å². The van der Waals surface area contributed by atoms with Crippen LogP contribution in [-0.2, 0) is 14.3 Å². The molecule has 0 amide bonds. The second kappa shape index (κ2) is 6.37. The summed E-state index contributed by atoms with van der Waals surface area (Å²) in [4.78, 5) is 14.2. The summed E-state index contributed by atoms with van der Waals surface area (Å²) >= 11 is 0. The van der Waals surface area contributed by atoms with Crippen molar-refractivity contribution in [3.05, 3.63) is 71.8 Å². The minimum atomic E-state index is -0.627. The van der Waals surface area contributed by atoms with Crippen molar-refractivity contribution in [3.63, 3.8) is 0 Å². The summed E-state index contributed by atoms with van der Waals surface area (Å²) in [6.45, 7) is 4.48. The standard InChI is InChI=1S/C21H23NO3/c1-21(2)24-18-13-22(17(14-23)20(18)25-21)19(15-9-5-3-6-10-15)16-11-7-4-8-12-16/h3-12,14,17-20H,13H2,1-2H3/t17-,18+,20-/m1/s1. The van der Waals surface area contributed by atoms with Gasteiger partial charge in [0.1, 0.15) is 18.5 Å². The first-order valence-electron chi connectivity index (χ1n) is 8.75. The molecule has 0 aromatic heterocycles. The minimum absolute atomic E-state index is 0.00138. The Morgan fingerprint density at radius 3 is 2.08 bits per heavy atom. The van der Waals surface area contributed by atoms with Crippen molar-refractivity contribution < 1.29 is 14.3 Å². The van der Waals surface area contributed by atoms with Crippen molar-refractivity contribution in [1.82, 2.24) is 4.90 Å². The summed E-state index contributed by atoms with van der Waals surface area (Å²) in [6, 6.07) is 20.3. The highest BCUT2D eigenvalue weighted by Gasteiger charge is 2.54. The van der Waals surface area contributed by atoms with Crippen molar-refractivity contribution in [2.45, 2.75) is 43.9 Å². The van der Waals surface area contributed by atoms with Gasteiger partial charge in [-0.2, -0.15) is 0 Å². The number of nitrogens with zero attached hydrogens (tertiary/aromatic N) is 1. The number of ether oxygens (including phenoxy) is 2. The molecular weight excluding hydrogens is 314 g/mol. The van der Waals surface area contributed by atoms with E-state index >= 15 is 0 Å². The molecule has 0 saturated carbocycles. The van der Waals surface area contributed by atoms with Crippen molar-refractivity contribution >= 4 is 6.29 Å². The number of hydrogen-bond donors (Lipinski definition) is 0. The number of hydrogen-bond acceptors (Lipinski definition) is 4. The third-order valence-electron chi connectivity index (χ3n) is 5.03. The van der Waals surface area contributed by atoms with E-state index in [1.807, 2.05) is 50.2 Å². The molecule has 25 heavy (non-hydrogen) atoms. The zero-order chi connectivity index (χ0) is 17.4. The van der Waals surface area contributed by atoms with Gasteiger partial charge in [0.15, 0.2) is 5.79 Å². The van der Waals surface area contributed by atoms with Gasteiger partial charge in [0.25, 0.3) is 0 Å². The molecule has 130 valence electrons. The highest BCUT2D eigenvalue weighted by Crippen LogP contribution is 2.41. The number of rotatable bonds is 4. The van der Waals surface area contributed by atoms with Gasteiger partial charge in [0.2, 0.25) is 0 Å². The molecule has 0 unspecified atom stereocenters. The van der Waals surface area contributed by atoms with Crippen LogP contribution in [0.2, 0.25) is 0 Å². The summed E-state index contributed by atoms with van der Waals surface area (Å²) in [5, 5.41) is 0. The summed E-state index contributed by atoms with van der Waals surface area (Å²) in [5.41, 5.74) is 2.33. The van der Waals surface area contributed by atoms with Gasteiger partial charge in [0, 0.05) is 6.54 Å². The fourth-order valence-corrected chi connectivity index (χ4v) is 4.09. The number of fused-ring (bicyclic) bond motifs is 1. The van der Waals surface area contributed by atoms with Gasteiger partial charge in [-0.05, 0) is 25.0 Å². The summed E-state index contributed by atoms with van der Waals surface area (Å²) in [7, 11) is 0. The SMILES string of the molecule is CC1(C)O[C@H]2[C@H](CN(C(c3ccccc3)c3ccccc3)[C@@H]2C=O)O1. The maximum atomic E-state index is 12.0. The quantitative estimate of drug-likeness (QED) is 0.803. The van der Waals surface area contributed by atoms with Crippen molar-refractivity contribution in [2.75, 3.05) is 6.54 Å². The molecule has 2 aliphatic rings. The predicted octanol–water partition coefficient (Wildman–Crippen LogP) is 3.18. The smallest absolute Gasteiger partial charge is 0.163 e. The van der Waals surface area contributed by atoms with E-state index in [1.165, 1.54) is 11.1 Å². The molecule has 2 fully saturated rings. The number of benzene rings is 2. The molecule has 2 aromatic rings. The molecule has 2 aromatic carbocycles. The Morgan fingerprint density at radius 2 is 1.56 bits per heavy atom. The van der Waals surface area contributed by atoms with E-state index in [2.05, 4.69) is 29.2 Å². The zero-order valence-corrected chi connectivity index (χ0v) is 14.5. The number of likely N-dealkylation sites (tertiary alicyclic amines) is 1. The van der Waals surface area contributed by atoms with Gasteiger partial charge < -0.3 is 14.3 Å². The summed E-state index contributed by atoms with van der Waals surface area (Å²) in [6.07, 6.45) is 0.705. The molecule has 4 nitrogen and oxygen atoms in total. The van der Waals surface area contributed by atoms with Crippen LogP contribution in [0, 0.1) is 0 Å². The molecule has 4 heteroatoms. The zero-order valence-electron chi connectivity index (χ0n) is 14.5. The lowest BCUT2D eigenvalue weighted by Crippen LogP contribution is -2.42. The minimum Gasteiger partial charge on any atom is -0.343 e. The van der Waals surface area contributed by atoms with Crippen LogP contribution in [0.1, 0.15) is 31.0 Å². The molecule has 0 aliphatic carbocycles. The highest BCUT2D eigenvalue weighted by molar-refractivity contribution is 5.61. The van der Waals surface area contributed by atoms with E-state index in [4.69, 9.17) is 9.47 Å². The summed E-state index contributed by atoms with van der Waals surface area (Å²) < 4.78 is 12.1. The van der Waals surface area contributed by atoms with Crippen molar-refractivity contribution in [1.29, 1.82) is 0 Å². The Morgan fingerprint density at radius 1 is 1.00 bits per heavy atom. The van der Waals surface area contributed by atoms with Crippen molar-refractivity contribution in [2.24, 2.45) is 0 Å². The fraction of sp³-hybridized carbons (Fsp3) is 0.381. The molecule has 0 spiro atoms. The fourth-order valence-electron chi connectivity index (χ4n) is 4.09. The molecule has 2 aliphatic heterocycles. The third kappa shape index (κ3) is 3.01. The Kier molecular flexibility index (Phi) is 4.20. The maximum absolute atomic E-state index is 12.0. The van der Waals surface area contributed by atoms with E-state index in [-0.39, 0.29) is 24.3 Å². The molecule has 3 atom stereocenters. The lowest BCUT2D eigenvalue weighted by atomic mass is 9.96. The molecule has 0 N–H and O–H groups in total. The first-order chi connectivity index (χ1) is 12.1. The lowest BCUT2D eigenvalue weighted by molar-refractivity contribution is -0.163. The van der Waals surface area contributed by atoms with Crippen LogP contribution in [0.3, 0.4) is 0 Å².